The first kappa shape index (κ1) is 89.8. The molecule has 4 rings (SSSR count). The van der Waals surface area contributed by atoms with E-state index >= 15 is 0 Å². The van der Waals surface area contributed by atoms with E-state index in [4.69, 9.17) is 22.9 Å². The Morgan fingerprint density at radius 3 is 1.53 bits per heavy atom. The zero-order valence-electron chi connectivity index (χ0n) is 60.4. The molecule has 3 heterocycles. The summed E-state index contributed by atoms with van der Waals surface area (Å²) >= 11 is 5.36. The molecule has 3 aliphatic heterocycles. The number of aliphatic hydroxyl groups excluding tert-OH is 2. The van der Waals surface area contributed by atoms with Crippen LogP contribution in [0.15, 0.2) is 35.3 Å². The molecule has 0 unspecified atom stereocenters. The molecule has 3 saturated heterocycles. The van der Waals surface area contributed by atoms with Crippen LogP contribution >= 0.6 is 0 Å². The number of nitrogens with two attached hydrogens (primary N) is 4. The standard InChI is InChI=1S/C67H106N18O19Se2/c1-6-35(3)51(61(98)79-44(33-105)57(94)75-41(29-38-17-9-8-10-18-38)63(100)83-26-14-21-46(83)59(96)76-42(66(103)104)30-50(89)90)80-60(97)47-22-15-27-84(47)64(101)48-23-16-28-85(48)65(102)52(36(4)7-2)81-56(93)43(32-86)77-55(92)40(19-11-12-24-68)74-62(99)53(37(5)87)82-58(95)45(34-106)78-54(91)39(73-49(88)31-69)20-13-25-72-67(70)71/h8-10,17-18,35-37,39-48,51-53,86-87H,6-7,11-16,19-34,68-69H2,1-5H3,(H,73,88)(H,74,99)(H,75,94)(H,76,96)(H,77,92)(H,78,91)(H,79,98)(H,80,97)(H,81,93)(H,82,95)(H,89,90)(H,103,104)(H4,70,71,72)/t35-,36-,37+,39-,40-,41-,42-,43-,44-,45-,46-,47-,48-,51-,52-,53-/m0/s1. The van der Waals surface area contributed by atoms with Crippen LogP contribution in [0.1, 0.15) is 130 Å². The second-order valence-electron chi connectivity index (χ2n) is 26.6. The van der Waals surface area contributed by atoms with E-state index in [9.17, 15) is 92.3 Å². The number of unbranched alkanes of at least 4 members (excludes halogenated alkanes) is 1. The number of aliphatic imine (C=N–C) groups is 1. The van der Waals surface area contributed by atoms with Gasteiger partial charge in [0.25, 0.3) is 0 Å². The molecule has 22 N–H and O–H groups in total. The van der Waals surface area contributed by atoms with Crippen molar-refractivity contribution in [2.45, 2.75) is 226 Å². The zero-order chi connectivity index (χ0) is 79.1. The number of guanidine groups is 1. The molecule has 1 aromatic rings. The first-order valence-electron chi connectivity index (χ1n) is 35.6. The maximum atomic E-state index is 14.8. The molecule has 13 amide bonds. The Hall–Kier alpha value is -8.58. The molecule has 0 saturated carbocycles. The first-order chi connectivity index (χ1) is 50.3. The molecular formula is C67H106N18O19Se2. The van der Waals surface area contributed by atoms with Crippen LogP contribution in [-0.4, -0.2) is 292 Å². The Kier molecular flexibility index (Phi) is 38.3. The van der Waals surface area contributed by atoms with E-state index in [1.165, 1.54) is 21.6 Å². The Labute approximate surface area is 631 Å². The summed E-state index contributed by atoms with van der Waals surface area (Å²) in [7, 11) is 0. The van der Waals surface area contributed by atoms with Gasteiger partial charge in [-0.25, -0.2) is 4.79 Å². The van der Waals surface area contributed by atoms with Gasteiger partial charge in [0.05, 0.1) is 0 Å². The van der Waals surface area contributed by atoms with Crippen LogP contribution in [0.4, 0.5) is 0 Å². The van der Waals surface area contributed by atoms with Crippen molar-refractivity contribution in [3.63, 3.8) is 0 Å². The van der Waals surface area contributed by atoms with E-state index in [-0.39, 0.29) is 101 Å². The summed E-state index contributed by atoms with van der Waals surface area (Å²) in [5.41, 5.74) is 22.6. The van der Waals surface area contributed by atoms with Gasteiger partial charge >= 0.3 is 538 Å². The third kappa shape index (κ3) is 27.0. The van der Waals surface area contributed by atoms with Gasteiger partial charge in [-0.15, -0.1) is 0 Å². The molecule has 0 aliphatic carbocycles. The van der Waals surface area contributed by atoms with Gasteiger partial charge < -0.3 is 26.4 Å². The predicted molar refractivity (Wildman–Crippen MR) is 384 cm³/mol. The van der Waals surface area contributed by atoms with Crippen LogP contribution in [0.2, 0.25) is 10.6 Å². The third-order valence-electron chi connectivity index (χ3n) is 18.8. The maximum absolute atomic E-state index is 14.8. The molecule has 0 spiro atoms. The summed E-state index contributed by atoms with van der Waals surface area (Å²) in [4.78, 5) is 213. The van der Waals surface area contributed by atoms with Crippen molar-refractivity contribution < 1.29 is 92.3 Å². The Morgan fingerprint density at radius 1 is 0.528 bits per heavy atom. The van der Waals surface area contributed by atoms with Crippen LogP contribution in [0.5, 0.6) is 0 Å². The minimum Gasteiger partial charge on any atom is -0.481 e. The molecule has 0 bridgehead atoms. The van der Waals surface area contributed by atoms with Crippen LogP contribution in [0.25, 0.3) is 0 Å². The molecular weight excluding hydrogens is 1520 g/mol. The smallest absolute Gasteiger partial charge is 0.481 e. The molecule has 16 atom stereocenters. The number of nitrogens with zero attached hydrogens (tertiary/aromatic N) is 4. The van der Waals surface area contributed by atoms with Crippen molar-refractivity contribution in [3.8, 4) is 0 Å². The van der Waals surface area contributed by atoms with Crippen molar-refractivity contribution >= 4 is 127 Å². The molecule has 590 valence electrons. The van der Waals surface area contributed by atoms with Gasteiger partial charge in [-0.2, -0.15) is 0 Å². The number of carbonyl (C=O) groups excluding carboxylic acids is 13. The quantitative estimate of drug-likeness (QED) is 0.0125. The Balaban J connectivity index is 1.48. The van der Waals surface area contributed by atoms with Gasteiger partial charge in [-0.3, -0.25) is 14.4 Å². The number of hydrogen-bond acceptors (Lipinski definition) is 20. The van der Waals surface area contributed by atoms with Gasteiger partial charge in [-0.05, 0) is 12.3 Å². The number of carbonyl (C=O) groups is 15. The monoisotopic (exact) mass is 1630 g/mol. The van der Waals surface area contributed by atoms with E-state index in [0.29, 0.717) is 44.1 Å². The number of carboxylic acids is 2. The number of likely N-dealkylation sites (tertiary alicyclic amines) is 3. The van der Waals surface area contributed by atoms with Crippen molar-refractivity contribution in [1.29, 1.82) is 0 Å². The number of nitrogens with one attached hydrogen (secondary N) is 10. The number of amides is 13. The molecule has 3 aliphatic rings. The number of aliphatic hydroxyl groups is 2. The number of aliphatic carboxylic acids is 2. The SMILES string of the molecule is CC[C@H](C)[C@H](NC(=O)[C@@H]1CCCN1C(=O)[C@@H]1CCCN1C(=O)[C@@H](NC(=O)[C@H](CO)NC(=O)[C@H](CCCCN)NC(=O)[C@@H](NC(=O)[C@H](C[Se])NC(=O)[C@H](CCCN=C(N)N)NC(=O)CN)[C@@H](C)O)[C@@H](C)CC)C(=O)N[C@@H](C[Se])C(=O)N[C@@H](Cc1ccccc1)C(=O)N1CCC[C@H]1C(=O)N[C@@H](CC(=O)O)C(=O)O. The van der Waals surface area contributed by atoms with Crippen LogP contribution in [0.3, 0.4) is 0 Å². The normalized spacial score (nSPS) is 19.2. The fourth-order valence-electron chi connectivity index (χ4n) is 12.4. The van der Waals surface area contributed by atoms with Gasteiger partial charge in [0.15, 0.2) is 0 Å². The van der Waals surface area contributed by atoms with Crippen molar-refractivity contribution in [1.82, 2.24) is 67.9 Å². The second-order valence-corrected chi connectivity index (χ2v) is 28.0. The van der Waals surface area contributed by atoms with Crippen LogP contribution in [-0.2, 0) is 78.3 Å². The Morgan fingerprint density at radius 2 is 0.991 bits per heavy atom. The van der Waals surface area contributed by atoms with Crippen molar-refractivity contribution in [2.24, 2.45) is 39.8 Å². The van der Waals surface area contributed by atoms with Crippen LogP contribution in [0, 0.1) is 11.8 Å². The van der Waals surface area contributed by atoms with E-state index in [2.05, 4.69) is 90.2 Å². The Bertz CT molecular complexity index is 3250. The minimum absolute atomic E-state index is 0.0295. The van der Waals surface area contributed by atoms with Gasteiger partial charge in [-0.1, -0.05) is 20.3 Å². The van der Waals surface area contributed by atoms with Crippen molar-refractivity contribution in [3.05, 3.63) is 35.9 Å². The number of hydrogen-bond donors (Lipinski definition) is 18. The zero-order valence-corrected chi connectivity index (χ0v) is 63.8. The van der Waals surface area contributed by atoms with E-state index in [0.717, 1.165) is 0 Å². The molecule has 3 fully saturated rings. The molecule has 0 aromatic heterocycles. The van der Waals surface area contributed by atoms with Gasteiger partial charge in [0, 0.05) is 6.54 Å². The predicted octanol–water partition coefficient (Wildman–Crippen LogP) is -6.61. The topological polar surface area (TPSA) is 583 Å². The molecule has 2 radical (unpaired) electrons. The summed E-state index contributed by atoms with van der Waals surface area (Å²) in [5.74, 6) is -15.1. The second kappa shape index (κ2) is 45.2. The fourth-order valence-corrected chi connectivity index (χ4v) is 13.4. The van der Waals surface area contributed by atoms with E-state index in [1.54, 1.807) is 58.0 Å². The van der Waals surface area contributed by atoms with Crippen LogP contribution < -0.4 is 76.1 Å². The molecule has 37 nitrogen and oxygen atoms in total. The summed E-state index contributed by atoms with van der Waals surface area (Å²) in [6.45, 7) is 7.10. The third-order valence-corrected chi connectivity index (χ3v) is 20.2. The summed E-state index contributed by atoms with van der Waals surface area (Å²) in [5, 5.41) is 65.4. The number of carboxylic acid groups (broad SMARTS) is 2. The summed E-state index contributed by atoms with van der Waals surface area (Å²) in [6, 6.07) is -9.44. The van der Waals surface area contributed by atoms with E-state index in [1.807, 2.05) is 0 Å². The molecule has 106 heavy (non-hydrogen) atoms. The number of benzene rings is 1. The average Bonchev–Trinajstić information content (AvgIpc) is 1.62. The number of rotatable bonds is 44. The van der Waals surface area contributed by atoms with Gasteiger partial charge in [0.2, 0.25) is 5.91 Å². The first-order valence-corrected chi connectivity index (χ1v) is 38.1. The van der Waals surface area contributed by atoms with Crippen molar-refractivity contribution in [2.75, 3.05) is 45.9 Å². The van der Waals surface area contributed by atoms with E-state index < -0.39 is 205 Å². The summed E-state index contributed by atoms with van der Waals surface area (Å²) < 4.78 is 0. The summed E-state index contributed by atoms with van der Waals surface area (Å²) in [6.07, 6.45) is 0.300. The molecule has 39 heteroatoms. The van der Waals surface area contributed by atoms with Gasteiger partial charge in [0.1, 0.15) is 6.04 Å². The minimum atomic E-state index is -1.78. The molecule has 1 aromatic carbocycles. The fraction of sp³-hybridized carbons (Fsp3) is 0.672. The average molecular weight is 1630 g/mol.